The number of fused-ring (bicyclic) bond motifs is 1. The van der Waals surface area contributed by atoms with Crippen molar-refractivity contribution in [3.63, 3.8) is 0 Å². The van der Waals surface area contributed by atoms with Crippen molar-refractivity contribution in [1.29, 1.82) is 0 Å². The molecule has 1 unspecified atom stereocenters. The Morgan fingerprint density at radius 2 is 1.85 bits per heavy atom. The number of aliphatic imine (C=N–C) groups is 1. The van der Waals surface area contributed by atoms with Crippen LogP contribution in [-0.2, 0) is 14.3 Å². The number of methoxy groups -OCH3 is 1. The predicted octanol–water partition coefficient (Wildman–Crippen LogP) is 5.58. The third kappa shape index (κ3) is 3.87. The number of ketones is 1. The molecular formula is C25H21BrClNO5. The van der Waals surface area contributed by atoms with Crippen molar-refractivity contribution in [2.24, 2.45) is 10.9 Å². The van der Waals surface area contributed by atoms with Crippen LogP contribution in [0.25, 0.3) is 0 Å². The summed E-state index contributed by atoms with van der Waals surface area (Å²) < 4.78 is 16.9. The minimum absolute atomic E-state index is 0.000544. The number of allylic oxidation sites excluding steroid dienone is 2. The topological polar surface area (TPSA) is 74.2 Å². The molecule has 3 atom stereocenters. The quantitative estimate of drug-likeness (QED) is 0.485. The third-order valence-corrected chi connectivity index (χ3v) is 7.45. The standard InChI is InChI=1S/C25H21BrClNO5/c1-12-22(25(30)31-2)23(16-9-20-21(10-17(16)26)33-11-32-20)24-18(28-12)7-14(8-19(24)29)13-3-5-15(27)6-4-13/h3-6,9-10,14,22-23H,7-8,11H2,1-2H3/t14-,22?,23+/m1/s1. The van der Waals surface area contributed by atoms with Gasteiger partial charge in [0.05, 0.1) is 7.11 Å². The average Bonchev–Trinajstić information content (AvgIpc) is 3.24. The molecule has 2 aliphatic heterocycles. The van der Waals surface area contributed by atoms with Gasteiger partial charge in [0.25, 0.3) is 0 Å². The van der Waals surface area contributed by atoms with Crippen LogP contribution in [-0.4, -0.2) is 31.4 Å². The van der Waals surface area contributed by atoms with E-state index in [-0.39, 0.29) is 18.5 Å². The number of ether oxygens (including phenoxy) is 3. The van der Waals surface area contributed by atoms with Gasteiger partial charge in [0, 0.05) is 38.8 Å². The zero-order valence-corrected chi connectivity index (χ0v) is 20.4. The fourth-order valence-corrected chi connectivity index (χ4v) is 5.66. The second kappa shape index (κ2) is 8.61. The van der Waals surface area contributed by atoms with Crippen molar-refractivity contribution >= 4 is 45.0 Å². The number of esters is 1. The Balaban J connectivity index is 1.63. The van der Waals surface area contributed by atoms with Crippen LogP contribution in [0.1, 0.15) is 42.7 Å². The monoisotopic (exact) mass is 529 g/mol. The fraction of sp³-hybridized carbons (Fsp3) is 0.320. The highest BCUT2D eigenvalue weighted by Crippen LogP contribution is 2.50. The minimum atomic E-state index is -0.707. The molecule has 5 rings (SSSR count). The predicted molar refractivity (Wildman–Crippen MR) is 127 cm³/mol. The highest BCUT2D eigenvalue weighted by Gasteiger charge is 2.45. The first kappa shape index (κ1) is 22.2. The fourth-order valence-electron chi connectivity index (χ4n) is 4.97. The molecule has 0 amide bonds. The van der Waals surface area contributed by atoms with Gasteiger partial charge in [-0.05, 0) is 54.7 Å². The summed E-state index contributed by atoms with van der Waals surface area (Å²) in [5, 5.41) is 0.654. The van der Waals surface area contributed by atoms with Crippen LogP contribution in [0.5, 0.6) is 11.5 Å². The molecule has 0 saturated carbocycles. The molecular weight excluding hydrogens is 510 g/mol. The van der Waals surface area contributed by atoms with E-state index in [9.17, 15) is 9.59 Å². The van der Waals surface area contributed by atoms with Gasteiger partial charge in [-0.3, -0.25) is 14.6 Å². The Hall–Kier alpha value is -2.64. The van der Waals surface area contributed by atoms with E-state index in [1.165, 1.54) is 7.11 Å². The Labute approximate surface area is 204 Å². The number of Topliss-reactive ketones (excluding diaryl/α,β-unsaturated/α-hetero) is 1. The van der Waals surface area contributed by atoms with Gasteiger partial charge < -0.3 is 14.2 Å². The first-order valence-electron chi connectivity index (χ1n) is 10.6. The van der Waals surface area contributed by atoms with Crippen molar-refractivity contribution in [1.82, 2.24) is 0 Å². The maximum atomic E-state index is 13.6. The smallest absolute Gasteiger partial charge is 0.315 e. The molecule has 6 nitrogen and oxygen atoms in total. The number of nitrogens with zero attached hydrogens (tertiary/aromatic N) is 1. The summed E-state index contributed by atoms with van der Waals surface area (Å²) in [6, 6.07) is 11.2. The van der Waals surface area contributed by atoms with Crippen molar-refractivity contribution in [3.8, 4) is 11.5 Å². The lowest BCUT2D eigenvalue weighted by Crippen LogP contribution is -2.38. The molecule has 0 bridgehead atoms. The molecule has 170 valence electrons. The van der Waals surface area contributed by atoms with Crippen LogP contribution in [0.4, 0.5) is 0 Å². The van der Waals surface area contributed by atoms with E-state index in [0.717, 1.165) is 21.3 Å². The Kier molecular flexibility index (Phi) is 5.79. The lowest BCUT2D eigenvalue weighted by Gasteiger charge is -2.36. The Bertz CT molecular complexity index is 1220. The minimum Gasteiger partial charge on any atom is -0.468 e. The van der Waals surface area contributed by atoms with E-state index in [2.05, 4.69) is 15.9 Å². The highest BCUT2D eigenvalue weighted by atomic mass is 79.9. The number of rotatable bonds is 3. The van der Waals surface area contributed by atoms with E-state index in [4.69, 9.17) is 30.8 Å². The van der Waals surface area contributed by atoms with E-state index < -0.39 is 17.8 Å². The normalized spacial score (nSPS) is 23.8. The highest BCUT2D eigenvalue weighted by molar-refractivity contribution is 9.10. The summed E-state index contributed by atoms with van der Waals surface area (Å²) in [6.45, 7) is 1.95. The van der Waals surface area contributed by atoms with Crippen LogP contribution in [0.2, 0.25) is 5.02 Å². The molecule has 8 heteroatoms. The van der Waals surface area contributed by atoms with Gasteiger partial charge in [-0.15, -0.1) is 0 Å². The number of carbonyl (C=O) groups is 2. The summed E-state index contributed by atoms with van der Waals surface area (Å²) in [5.74, 6) is -0.481. The van der Waals surface area contributed by atoms with Crippen LogP contribution in [0, 0.1) is 5.92 Å². The molecule has 0 fully saturated rings. The number of hydrogen-bond acceptors (Lipinski definition) is 6. The van der Waals surface area contributed by atoms with Crippen molar-refractivity contribution < 1.29 is 23.8 Å². The number of benzene rings is 2. The Morgan fingerprint density at radius 1 is 1.15 bits per heavy atom. The molecule has 3 aliphatic rings. The van der Waals surface area contributed by atoms with Gasteiger partial charge in [-0.2, -0.15) is 0 Å². The SMILES string of the molecule is COC(=O)C1C(C)=NC2=C(C(=O)C[C@H](c3ccc(Cl)cc3)C2)[C@H]1c1cc2c(cc1Br)OCO2. The van der Waals surface area contributed by atoms with E-state index >= 15 is 0 Å². The zero-order chi connectivity index (χ0) is 23.3. The third-order valence-electron chi connectivity index (χ3n) is 6.51. The number of carbonyl (C=O) groups excluding carboxylic acids is 2. The molecule has 2 heterocycles. The van der Waals surface area contributed by atoms with E-state index in [1.54, 1.807) is 0 Å². The molecule has 1 aliphatic carbocycles. The van der Waals surface area contributed by atoms with Crippen LogP contribution >= 0.6 is 27.5 Å². The first-order valence-corrected chi connectivity index (χ1v) is 11.8. The van der Waals surface area contributed by atoms with Crippen LogP contribution in [0.15, 0.2) is 57.1 Å². The molecule has 0 aromatic heterocycles. The summed E-state index contributed by atoms with van der Waals surface area (Å²) in [6.07, 6.45) is 0.939. The van der Waals surface area contributed by atoms with Gasteiger partial charge >= 0.3 is 5.97 Å². The summed E-state index contributed by atoms with van der Waals surface area (Å²) in [7, 11) is 1.35. The summed E-state index contributed by atoms with van der Waals surface area (Å²) >= 11 is 9.67. The second-order valence-corrected chi connectivity index (χ2v) is 9.69. The van der Waals surface area contributed by atoms with Crippen molar-refractivity contribution in [2.75, 3.05) is 13.9 Å². The van der Waals surface area contributed by atoms with Gasteiger partial charge in [-0.1, -0.05) is 39.7 Å². The summed E-state index contributed by atoms with van der Waals surface area (Å²) in [5.41, 5.74) is 3.73. The maximum absolute atomic E-state index is 13.6. The molecule has 0 spiro atoms. The van der Waals surface area contributed by atoms with Crippen LogP contribution in [0.3, 0.4) is 0 Å². The van der Waals surface area contributed by atoms with Gasteiger partial charge in [0.15, 0.2) is 17.3 Å². The molecule has 0 radical (unpaired) electrons. The lowest BCUT2D eigenvalue weighted by atomic mass is 9.69. The largest absolute Gasteiger partial charge is 0.468 e. The van der Waals surface area contributed by atoms with Gasteiger partial charge in [0.2, 0.25) is 6.79 Å². The average molecular weight is 531 g/mol. The number of halogens is 2. The molecule has 0 saturated heterocycles. The maximum Gasteiger partial charge on any atom is 0.315 e. The van der Waals surface area contributed by atoms with Gasteiger partial charge in [-0.25, -0.2) is 0 Å². The van der Waals surface area contributed by atoms with E-state index in [1.807, 2.05) is 43.3 Å². The zero-order valence-electron chi connectivity index (χ0n) is 18.1. The van der Waals surface area contributed by atoms with Crippen molar-refractivity contribution in [3.05, 3.63) is 68.3 Å². The molecule has 0 N–H and O–H groups in total. The number of hydrogen-bond donors (Lipinski definition) is 0. The van der Waals surface area contributed by atoms with Crippen molar-refractivity contribution in [2.45, 2.75) is 31.6 Å². The van der Waals surface area contributed by atoms with Gasteiger partial charge in [0.1, 0.15) is 5.92 Å². The van der Waals surface area contributed by atoms with Crippen LogP contribution < -0.4 is 9.47 Å². The molecule has 2 aromatic rings. The first-order chi connectivity index (χ1) is 15.9. The molecule has 2 aromatic carbocycles. The lowest BCUT2D eigenvalue weighted by molar-refractivity contribution is -0.143. The molecule has 33 heavy (non-hydrogen) atoms. The summed E-state index contributed by atoms with van der Waals surface area (Å²) in [4.78, 5) is 31.2. The van der Waals surface area contributed by atoms with E-state index in [0.29, 0.717) is 40.6 Å². The second-order valence-electron chi connectivity index (χ2n) is 8.40. The Morgan fingerprint density at radius 3 is 2.55 bits per heavy atom.